The molecule has 2 rings (SSSR count). The lowest BCUT2D eigenvalue weighted by Gasteiger charge is -2.11. The van der Waals surface area contributed by atoms with Gasteiger partial charge in [0, 0.05) is 5.92 Å². The monoisotopic (exact) mass is 158 g/mol. The van der Waals surface area contributed by atoms with E-state index in [0.29, 0.717) is 5.25 Å². The van der Waals surface area contributed by atoms with Gasteiger partial charge in [0.1, 0.15) is 11.0 Å². The van der Waals surface area contributed by atoms with Crippen molar-refractivity contribution in [3.63, 3.8) is 0 Å². The van der Waals surface area contributed by atoms with E-state index in [2.05, 4.69) is 6.92 Å². The number of fused-ring (bicyclic) bond motifs is 1. The van der Waals surface area contributed by atoms with Crippen molar-refractivity contribution in [1.29, 1.82) is 0 Å². The standard InChI is InChI=1S/C8H14OS/c1-6-4-7-2-3-10(9)8(7)5-6/h6-8H,2-5H2,1H3. The molecule has 10 heavy (non-hydrogen) atoms. The van der Waals surface area contributed by atoms with Crippen molar-refractivity contribution in [1.82, 2.24) is 0 Å². The van der Waals surface area contributed by atoms with Crippen molar-refractivity contribution < 1.29 is 4.55 Å². The number of hydrogen-bond donors (Lipinski definition) is 0. The van der Waals surface area contributed by atoms with Crippen LogP contribution < -0.4 is 0 Å². The van der Waals surface area contributed by atoms with Crippen molar-refractivity contribution in [2.24, 2.45) is 11.8 Å². The molecule has 4 atom stereocenters. The van der Waals surface area contributed by atoms with E-state index in [-0.39, 0.29) is 0 Å². The minimum atomic E-state index is -0.449. The van der Waals surface area contributed by atoms with E-state index in [1.54, 1.807) is 0 Å². The van der Waals surface area contributed by atoms with Crippen LogP contribution >= 0.6 is 0 Å². The summed E-state index contributed by atoms with van der Waals surface area (Å²) in [6.07, 6.45) is 3.81. The summed E-state index contributed by atoms with van der Waals surface area (Å²) >= 11 is -0.449. The second-order valence-electron chi connectivity index (χ2n) is 3.75. The minimum absolute atomic E-state index is 0.449. The summed E-state index contributed by atoms with van der Waals surface area (Å²) in [5.74, 6) is 2.66. The number of rotatable bonds is 0. The average molecular weight is 158 g/mol. The first-order chi connectivity index (χ1) is 4.77. The Hall–Kier alpha value is 0.310. The summed E-state index contributed by atoms with van der Waals surface area (Å²) < 4.78 is 11.3. The van der Waals surface area contributed by atoms with Crippen molar-refractivity contribution >= 4 is 11.2 Å². The summed E-state index contributed by atoms with van der Waals surface area (Å²) in [5, 5.41) is 0.593. The highest BCUT2D eigenvalue weighted by atomic mass is 32.2. The van der Waals surface area contributed by atoms with Crippen molar-refractivity contribution in [3.8, 4) is 0 Å². The summed E-state index contributed by atoms with van der Waals surface area (Å²) in [7, 11) is 0. The van der Waals surface area contributed by atoms with Gasteiger partial charge in [-0.2, -0.15) is 0 Å². The predicted octanol–water partition coefficient (Wildman–Crippen LogP) is 1.55. The third-order valence-corrected chi connectivity index (χ3v) is 4.78. The maximum absolute atomic E-state index is 11.3. The van der Waals surface area contributed by atoms with E-state index < -0.39 is 11.2 Å². The smallest absolute Gasteiger partial charge is 0.118 e. The van der Waals surface area contributed by atoms with Gasteiger partial charge in [0.05, 0.1) is 0 Å². The highest BCUT2D eigenvalue weighted by Crippen LogP contribution is 2.42. The van der Waals surface area contributed by atoms with E-state index in [0.717, 1.165) is 17.6 Å². The van der Waals surface area contributed by atoms with Gasteiger partial charge in [-0.1, -0.05) is 18.1 Å². The molecule has 0 aromatic rings. The first kappa shape index (κ1) is 6.99. The quantitative estimate of drug-likeness (QED) is 0.491. The molecule has 0 bridgehead atoms. The molecule has 2 fully saturated rings. The van der Waals surface area contributed by atoms with Gasteiger partial charge in [-0.3, -0.25) is 0 Å². The molecular formula is C8H14OS. The Kier molecular flexibility index (Phi) is 1.69. The Bertz CT molecular complexity index is 137. The molecule has 0 spiro atoms. The molecule has 1 aliphatic carbocycles. The van der Waals surface area contributed by atoms with Crippen LogP contribution in [0.4, 0.5) is 0 Å². The molecule has 1 saturated carbocycles. The van der Waals surface area contributed by atoms with E-state index in [1.165, 1.54) is 19.3 Å². The minimum Gasteiger partial charge on any atom is -0.616 e. The van der Waals surface area contributed by atoms with Crippen LogP contribution in [0.2, 0.25) is 0 Å². The van der Waals surface area contributed by atoms with Gasteiger partial charge in [-0.25, -0.2) is 0 Å². The normalized spacial score (nSPS) is 53.4. The van der Waals surface area contributed by atoms with Crippen molar-refractivity contribution in [3.05, 3.63) is 0 Å². The Morgan fingerprint density at radius 1 is 1.40 bits per heavy atom. The topological polar surface area (TPSA) is 23.1 Å². The van der Waals surface area contributed by atoms with Crippen LogP contribution in [0.25, 0.3) is 0 Å². The molecule has 0 N–H and O–H groups in total. The average Bonchev–Trinajstić information content (AvgIpc) is 2.35. The van der Waals surface area contributed by atoms with Gasteiger partial charge < -0.3 is 4.55 Å². The molecule has 58 valence electrons. The number of hydrogen-bond acceptors (Lipinski definition) is 1. The third kappa shape index (κ3) is 0.978. The molecule has 1 heterocycles. The van der Waals surface area contributed by atoms with Gasteiger partial charge in [0.25, 0.3) is 0 Å². The van der Waals surface area contributed by atoms with Crippen LogP contribution in [0.1, 0.15) is 26.2 Å². The fraction of sp³-hybridized carbons (Fsp3) is 1.00. The highest BCUT2D eigenvalue weighted by Gasteiger charge is 2.44. The van der Waals surface area contributed by atoms with E-state index in [9.17, 15) is 4.55 Å². The van der Waals surface area contributed by atoms with Crippen molar-refractivity contribution in [2.45, 2.75) is 31.4 Å². The maximum Gasteiger partial charge on any atom is 0.118 e. The predicted molar refractivity (Wildman–Crippen MR) is 43.3 cm³/mol. The highest BCUT2D eigenvalue weighted by molar-refractivity contribution is 7.92. The van der Waals surface area contributed by atoms with Crippen LogP contribution in [-0.4, -0.2) is 15.6 Å². The van der Waals surface area contributed by atoms with Crippen LogP contribution in [0, 0.1) is 11.8 Å². The third-order valence-electron chi connectivity index (χ3n) is 2.89. The summed E-state index contributed by atoms with van der Waals surface area (Å²) in [6.45, 7) is 2.29. The summed E-state index contributed by atoms with van der Waals surface area (Å²) in [4.78, 5) is 0. The Balaban J connectivity index is 2.05. The zero-order valence-corrected chi connectivity index (χ0v) is 7.19. The second kappa shape index (κ2) is 2.42. The molecule has 1 saturated heterocycles. The molecule has 1 nitrogen and oxygen atoms in total. The molecule has 1 aliphatic heterocycles. The maximum atomic E-state index is 11.3. The molecular weight excluding hydrogens is 144 g/mol. The largest absolute Gasteiger partial charge is 0.616 e. The molecule has 2 aliphatic rings. The van der Waals surface area contributed by atoms with Gasteiger partial charge in [0.2, 0.25) is 0 Å². The summed E-state index contributed by atoms with van der Waals surface area (Å²) in [5.41, 5.74) is 0. The molecule has 0 amide bonds. The lowest BCUT2D eigenvalue weighted by atomic mass is 10.0. The molecule has 0 aromatic heterocycles. The lowest BCUT2D eigenvalue weighted by molar-refractivity contribution is 0.520. The fourth-order valence-electron chi connectivity index (χ4n) is 2.40. The SMILES string of the molecule is CC1CC2CC[S+]([O-])C2C1. The van der Waals surface area contributed by atoms with Crippen LogP contribution in [0.15, 0.2) is 0 Å². The van der Waals surface area contributed by atoms with Crippen molar-refractivity contribution in [2.75, 3.05) is 5.75 Å². The first-order valence-corrected chi connectivity index (χ1v) is 5.53. The Morgan fingerprint density at radius 2 is 2.20 bits per heavy atom. The molecule has 2 heteroatoms. The van der Waals surface area contributed by atoms with Gasteiger partial charge in [-0.05, 0) is 25.2 Å². The molecule has 4 unspecified atom stereocenters. The molecule has 0 radical (unpaired) electrons. The van der Waals surface area contributed by atoms with Crippen LogP contribution in [-0.2, 0) is 11.2 Å². The summed E-state index contributed by atoms with van der Waals surface area (Å²) in [6, 6.07) is 0. The fourth-order valence-corrected chi connectivity index (χ4v) is 4.46. The van der Waals surface area contributed by atoms with E-state index in [4.69, 9.17) is 0 Å². The Morgan fingerprint density at radius 3 is 2.90 bits per heavy atom. The second-order valence-corrected chi connectivity index (χ2v) is 5.52. The zero-order valence-electron chi connectivity index (χ0n) is 6.38. The van der Waals surface area contributed by atoms with E-state index in [1.807, 2.05) is 0 Å². The molecule has 0 aromatic carbocycles. The zero-order chi connectivity index (χ0) is 7.14. The van der Waals surface area contributed by atoms with Crippen LogP contribution in [0.5, 0.6) is 0 Å². The Labute approximate surface area is 65.4 Å². The van der Waals surface area contributed by atoms with Gasteiger partial charge >= 0.3 is 0 Å². The van der Waals surface area contributed by atoms with E-state index >= 15 is 0 Å². The van der Waals surface area contributed by atoms with Gasteiger partial charge in [0.15, 0.2) is 0 Å². The van der Waals surface area contributed by atoms with Crippen LogP contribution in [0.3, 0.4) is 0 Å². The first-order valence-electron chi connectivity index (χ1n) is 4.14. The lowest BCUT2D eigenvalue weighted by Crippen LogP contribution is -2.16. The van der Waals surface area contributed by atoms with Gasteiger partial charge in [-0.15, -0.1) is 0 Å².